The second kappa shape index (κ2) is 6.19. The molecule has 1 aromatic rings. The Hall–Kier alpha value is -1.46. The van der Waals surface area contributed by atoms with Gasteiger partial charge in [0.1, 0.15) is 0 Å². The third-order valence-electron chi connectivity index (χ3n) is 1.94. The molecule has 5 heteroatoms. The van der Waals surface area contributed by atoms with Crippen molar-refractivity contribution in [3.05, 3.63) is 29.6 Å². The summed E-state index contributed by atoms with van der Waals surface area (Å²) < 4.78 is 0. The number of hydrogen-bond donors (Lipinski definition) is 1. The van der Waals surface area contributed by atoms with E-state index >= 15 is 0 Å². The summed E-state index contributed by atoms with van der Waals surface area (Å²) in [4.78, 5) is 22.5. The first-order valence-corrected chi connectivity index (χ1v) is 5.08. The van der Waals surface area contributed by atoms with Gasteiger partial charge in [-0.05, 0) is 32.6 Å². The number of hydrogen-bond acceptors (Lipinski definition) is 4. The van der Waals surface area contributed by atoms with Gasteiger partial charge in [-0.3, -0.25) is 14.6 Å². The van der Waals surface area contributed by atoms with E-state index in [-0.39, 0.29) is 5.91 Å². The second-order valence-corrected chi connectivity index (χ2v) is 3.83. The second-order valence-electron chi connectivity index (χ2n) is 3.83. The molecular weight excluding hydrogens is 206 g/mol. The first-order valence-electron chi connectivity index (χ1n) is 5.08. The lowest BCUT2D eigenvalue weighted by Gasteiger charge is -2.10. The van der Waals surface area contributed by atoms with Gasteiger partial charge in [-0.15, -0.1) is 0 Å². The van der Waals surface area contributed by atoms with Crippen LogP contribution < -0.4 is 5.48 Å². The van der Waals surface area contributed by atoms with Crippen molar-refractivity contribution in [3.63, 3.8) is 0 Å². The van der Waals surface area contributed by atoms with Crippen molar-refractivity contribution in [1.29, 1.82) is 0 Å². The van der Waals surface area contributed by atoms with E-state index in [2.05, 4.69) is 10.5 Å². The van der Waals surface area contributed by atoms with Gasteiger partial charge < -0.3 is 4.90 Å². The molecule has 0 bridgehead atoms. The molecule has 16 heavy (non-hydrogen) atoms. The molecule has 88 valence electrons. The first kappa shape index (κ1) is 12.6. The molecule has 0 spiro atoms. The minimum absolute atomic E-state index is 0.269. The van der Waals surface area contributed by atoms with Gasteiger partial charge in [-0.25, -0.2) is 5.48 Å². The van der Waals surface area contributed by atoms with Crippen LogP contribution in [0.2, 0.25) is 0 Å². The summed E-state index contributed by atoms with van der Waals surface area (Å²) in [5, 5.41) is 0. The highest BCUT2D eigenvalue weighted by Gasteiger charge is 2.05. The highest BCUT2D eigenvalue weighted by atomic mass is 16.6. The van der Waals surface area contributed by atoms with Gasteiger partial charge >= 0.3 is 0 Å². The Bertz CT molecular complexity index is 353. The fourth-order valence-corrected chi connectivity index (χ4v) is 1.08. The molecule has 0 radical (unpaired) electrons. The Labute approximate surface area is 95.4 Å². The average molecular weight is 223 g/mol. The number of aromatic nitrogens is 1. The highest BCUT2D eigenvalue weighted by Crippen LogP contribution is 2.00. The monoisotopic (exact) mass is 223 g/mol. The van der Waals surface area contributed by atoms with Gasteiger partial charge in [-0.2, -0.15) is 0 Å². The summed E-state index contributed by atoms with van der Waals surface area (Å²) in [6.45, 7) is 3.10. The van der Waals surface area contributed by atoms with Crippen molar-refractivity contribution in [2.75, 3.05) is 27.2 Å². The van der Waals surface area contributed by atoms with Crippen molar-refractivity contribution in [3.8, 4) is 0 Å². The molecule has 0 fully saturated rings. The number of rotatable bonds is 5. The number of carbonyl (C=O) groups excluding carboxylic acids is 1. The average Bonchev–Trinajstić information content (AvgIpc) is 2.24. The van der Waals surface area contributed by atoms with E-state index < -0.39 is 0 Å². The van der Waals surface area contributed by atoms with Crippen LogP contribution >= 0.6 is 0 Å². The number of nitrogens with zero attached hydrogens (tertiary/aromatic N) is 2. The third-order valence-corrected chi connectivity index (χ3v) is 1.94. The van der Waals surface area contributed by atoms with E-state index in [0.29, 0.717) is 12.2 Å². The van der Waals surface area contributed by atoms with E-state index in [1.807, 2.05) is 25.9 Å². The van der Waals surface area contributed by atoms with Gasteiger partial charge in [0.25, 0.3) is 5.91 Å². The van der Waals surface area contributed by atoms with Gasteiger partial charge in [0.15, 0.2) is 0 Å². The zero-order chi connectivity index (χ0) is 12.0. The summed E-state index contributed by atoms with van der Waals surface area (Å²) in [6, 6.07) is 1.76. The number of carbonyl (C=O) groups is 1. The summed E-state index contributed by atoms with van der Waals surface area (Å²) >= 11 is 0. The zero-order valence-electron chi connectivity index (χ0n) is 9.86. The maximum Gasteiger partial charge on any atom is 0.276 e. The summed E-state index contributed by atoms with van der Waals surface area (Å²) in [7, 11) is 3.88. The van der Waals surface area contributed by atoms with Gasteiger partial charge in [0.05, 0.1) is 12.2 Å². The Kier molecular flexibility index (Phi) is 4.88. The van der Waals surface area contributed by atoms with E-state index in [0.717, 1.165) is 12.1 Å². The molecule has 5 nitrogen and oxygen atoms in total. The lowest BCUT2D eigenvalue weighted by Crippen LogP contribution is -2.28. The number of aryl methyl sites for hydroxylation is 1. The minimum atomic E-state index is -0.269. The van der Waals surface area contributed by atoms with E-state index in [4.69, 9.17) is 4.84 Å². The smallest absolute Gasteiger partial charge is 0.276 e. The predicted octanol–water partition coefficient (Wildman–Crippen LogP) is 0.613. The largest absolute Gasteiger partial charge is 0.307 e. The maximum absolute atomic E-state index is 11.6. The van der Waals surface area contributed by atoms with Crippen molar-refractivity contribution in [1.82, 2.24) is 15.4 Å². The molecule has 0 unspecified atom stereocenters. The standard InChI is InChI=1S/C11H17N3O2/c1-9-6-10(8-12-7-9)11(15)13-16-5-4-14(2)3/h6-8H,4-5H2,1-3H3,(H,13,15). The molecule has 0 saturated carbocycles. The molecule has 0 atom stereocenters. The minimum Gasteiger partial charge on any atom is -0.307 e. The number of amides is 1. The van der Waals surface area contributed by atoms with Crippen molar-refractivity contribution >= 4 is 5.91 Å². The van der Waals surface area contributed by atoms with E-state index in [1.165, 1.54) is 6.20 Å². The Morgan fingerprint density at radius 3 is 2.88 bits per heavy atom. The lowest BCUT2D eigenvalue weighted by atomic mass is 10.2. The number of pyridine rings is 1. The quantitative estimate of drug-likeness (QED) is 0.587. The molecule has 1 aromatic heterocycles. The van der Waals surface area contributed by atoms with E-state index in [9.17, 15) is 4.79 Å². The maximum atomic E-state index is 11.6. The molecule has 0 aromatic carbocycles. The molecule has 1 rings (SSSR count). The van der Waals surface area contributed by atoms with Gasteiger partial charge in [0.2, 0.25) is 0 Å². The first-order chi connectivity index (χ1) is 7.59. The van der Waals surface area contributed by atoms with Crippen LogP contribution in [0, 0.1) is 6.92 Å². The van der Waals surface area contributed by atoms with Gasteiger partial charge in [-0.1, -0.05) is 0 Å². The fraction of sp³-hybridized carbons (Fsp3) is 0.455. The zero-order valence-corrected chi connectivity index (χ0v) is 9.86. The van der Waals surface area contributed by atoms with E-state index in [1.54, 1.807) is 12.3 Å². The van der Waals surface area contributed by atoms with Crippen LogP contribution in [0.3, 0.4) is 0 Å². The Balaban J connectivity index is 2.35. The molecule has 0 saturated heterocycles. The van der Waals surface area contributed by atoms with Crippen LogP contribution in [0.4, 0.5) is 0 Å². The lowest BCUT2D eigenvalue weighted by molar-refractivity contribution is 0.0262. The van der Waals surface area contributed by atoms with Crippen LogP contribution in [0.25, 0.3) is 0 Å². The van der Waals surface area contributed by atoms with Crippen LogP contribution in [0.1, 0.15) is 15.9 Å². The van der Waals surface area contributed by atoms with Crippen molar-refractivity contribution in [2.45, 2.75) is 6.92 Å². The molecular formula is C11H17N3O2. The SMILES string of the molecule is Cc1cncc(C(=O)NOCCN(C)C)c1. The fourth-order valence-electron chi connectivity index (χ4n) is 1.08. The van der Waals surface area contributed by atoms with Gasteiger partial charge in [0, 0.05) is 18.9 Å². The van der Waals surface area contributed by atoms with Crippen LogP contribution in [-0.4, -0.2) is 43.0 Å². The van der Waals surface area contributed by atoms with Crippen LogP contribution in [0.15, 0.2) is 18.5 Å². The number of hydroxylamine groups is 1. The third kappa shape index (κ3) is 4.37. The summed E-state index contributed by atoms with van der Waals surface area (Å²) in [5.74, 6) is -0.269. The molecule has 0 aliphatic rings. The number of nitrogens with one attached hydrogen (secondary N) is 1. The molecule has 0 aliphatic heterocycles. The summed E-state index contributed by atoms with van der Waals surface area (Å²) in [5.41, 5.74) is 3.83. The predicted molar refractivity (Wildman–Crippen MR) is 60.9 cm³/mol. The van der Waals surface area contributed by atoms with Crippen molar-refractivity contribution < 1.29 is 9.63 Å². The van der Waals surface area contributed by atoms with Crippen molar-refractivity contribution in [2.24, 2.45) is 0 Å². The summed E-state index contributed by atoms with van der Waals surface area (Å²) in [6.07, 6.45) is 3.21. The molecule has 1 amide bonds. The molecule has 1 N–H and O–H groups in total. The molecule has 0 aliphatic carbocycles. The molecule has 1 heterocycles. The Morgan fingerprint density at radius 2 is 2.25 bits per heavy atom. The number of likely N-dealkylation sites (N-methyl/N-ethyl adjacent to an activating group) is 1. The van der Waals surface area contributed by atoms with Crippen LogP contribution in [-0.2, 0) is 4.84 Å². The van der Waals surface area contributed by atoms with Crippen LogP contribution in [0.5, 0.6) is 0 Å². The Morgan fingerprint density at radius 1 is 1.50 bits per heavy atom. The highest BCUT2D eigenvalue weighted by molar-refractivity contribution is 5.93. The topological polar surface area (TPSA) is 54.5 Å². The normalized spacial score (nSPS) is 10.5.